The number of aryl methyl sites for hydroxylation is 1. The molecule has 0 aliphatic carbocycles. The van der Waals surface area contributed by atoms with Gasteiger partial charge in [-0.15, -0.1) is 0 Å². The molecule has 1 rings (SSSR count). The van der Waals surface area contributed by atoms with Crippen LogP contribution >= 0.6 is 0 Å². The largest absolute Gasteiger partial charge is 0.327 e. The van der Waals surface area contributed by atoms with E-state index < -0.39 is 0 Å². The quantitative estimate of drug-likeness (QED) is 0.906. The van der Waals surface area contributed by atoms with E-state index in [0.717, 1.165) is 17.7 Å². The van der Waals surface area contributed by atoms with E-state index >= 15 is 0 Å². The molecule has 0 saturated heterocycles. The zero-order valence-electron chi connectivity index (χ0n) is 12.7. The fraction of sp³-hybridized carbons (Fsp3) is 0.562. The van der Waals surface area contributed by atoms with Gasteiger partial charge in [-0.2, -0.15) is 0 Å². The number of nitrogens with two attached hydrogens (primary N) is 1. The van der Waals surface area contributed by atoms with Crippen molar-refractivity contribution >= 4 is 11.6 Å². The Morgan fingerprint density at radius 3 is 2.53 bits per heavy atom. The smallest absolute Gasteiger partial charge is 0.228 e. The van der Waals surface area contributed by atoms with Crippen molar-refractivity contribution in [3.8, 4) is 0 Å². The van der Waals surface area contributed by atoms with E-state index in [9.17, 15) is 4.79 Å². The predicted octanol–water partition coefficient (Wildman–Crippen LogP) is 3.11. The molecule has 1 unspecified atom stereocenters. The predicted molar refractivity (Wildman–Crippen MR) is 81.3 cm³/mol. The van der Waals surface area contributed by atoms with Crippen molar-refractivity contribution in [1.29, 1.82) is 0 Å². The molecule has 0 aliphatic heterocycles. The Labute approximate surface area is 116 Å². The molecule has 1 aromatic carbocycles. The van der Waals surface area contributed by atoms with Gasteiger partial charge in [0.1, 0.15) is 0 Å². The maximum absolute atomic E-state index is 12.2. The molecule has 1 atom stereocenters. The molecule has 106 valence electrons. The highest BCUT2D eigenvalue weighted by atomic mass is 16.2. The maximum atomic E-state index is 12.2. The normalized spacial score (nSPS) is 13.2. The molecule has 3 nitrogen and oxygen atoms in total. The molecule has 0 fully saturated rings. The molecule has 2 N–H and O–H groups in total. The highest BCUT2D eigenvalue weighted by molar-refractivity contribution is 5.93. The number of anilines is 1. The second-order valence-electron chi connectivity index (χ2n) is 6.52. The highest BCUT2D eigenvalue weighted by Crippen LogP contribution is 2.22. The average Bonchev–Trinajstić information content (AvgIpc) is 2.25. The Morgan fingerprint density at radius 1 is 1.37 bits per heavy atom. The maximum Gasteiger partial charge on any atom is 0.228 e. The van der Waals surface area contributed by atoms with Gasteiger partial charge in [-0.25, -0.2) is 0 Å². The van der Waals surface area contributed by atoms with Gasteiger partial charge < -0.3 is 10.6 Å². The Hall–Kier alpha value is -1.35. The zero-order chi connectivity index (χ0) is 14.6. The van der Waals surface area contributed by atoms with Gasteiger partial charge in [-0.1, -0.05) is 32.9 Å². The van der Waals surface area contributed by atoms with Crippen LogP contribution in [-0.2, 0) is 4.79 Å². The summed E-state index contributed by atoms with van der Waals surface area (Å²) in [6.07, 6.45) is 1.24. The molecule has 0 spiro atoms. The summed E-state index contributed by atoms with van der Waals surface area (Å²) in [5, 5.41) is 0. The van der Waals surface area contributed by atoms with Gasteiger partial charge in [-0.05, 0) is 36.5 Å². The van der Waals surface area contributed by atoms with E-state index in [0.29, 0.717) is 6.42 Å². The van der Waals surface area contributed by atoms with Gasteiger partial charge in [0.15, 0.2) is 0 Å². The number of benzene rings is 1. The molecule has 0 bridgehead atoms. The van der Waals surface area contributed by atoms with Gasteiger partial charge in [0.2, 0.25) is 5.91 Å². The summed E-state index contributed by atoms with van der Waals surface area (Å²) < 4.78 is 0. The van der Waals surface area contributed by atoms with E-state index in [4.69, 9.17) is 5.73 Å². The fourth-order valence-corrected chi connectivity index (χ4v) is 2.20. The number of hydrogen-bond donors (Lipinski definition) is 1. The second kappa shape index (κ2) is 6.20. The standard InChI is InChI=1S/C16H26N2O/c1-12-7-6-8-14(9-12)18(5)15(19)10-13(17)11-16(2,3)4/h6-9,13H,10-11,17H2,1-5H3. The van der Waals surface area contributed by atoms with Gasteiger partial charge in [-0.3, -0.25) is 4.79 Å². The van der Waals surface area contributed by atoms with Crippen molar-refractivity contribution < 1.29 is 4.79 Å². The van der Waals surface area contributed by atoms with Gasteiger partial charge in [0.25, 0.3) is 0 Å². The molecule has 0 aromatic heterocycles. The van der Waals surface area contributed by atoms with Crippen LogP contribution in [0.1, 0.15) is 39.2 Å². The van der Waals surface area contributed by atoms with Crippen LogP contribution in [0.25, 0.3) is 0 Å². The number of carbonyl (C=O) groups excluding carboxylic acids is 1. The number of nitrogens with zero attached hydrogens (tertiary/aromatic N) is 1. The van der Waals surface area contributed by atoms with E-state index in [2.05, 4.69) is 20.8 Å². The van der Waals surface area contributed by atoms with Crippen molar-refractivity contribution in [2.75, 3.05) is 11.9 Å². The van der Waals surface area contributed by atoms with Crippen molar-refractivity contribution in [3.05, 3.63) is 29.8 Å². The molecular weight excluding hydrogens is 236 g/mol. The molecule has 0 radical (unpaired) electrons. The lowest BCUT2D eigenvalue weighted by Gasteiger charge is -2.25. The lowest BCUT2D eigenvalue weighted by atomic mass is 9.87. The Morgan fingerprint density at radius 2 is 2.00 bits per heavy atom. The van der Waals surface area contributed by atoms with E-state index in [1.165, 1.54) is 0 Å². The monoisotopic (exact) mass is 262 g/mol. The Kier molecular flexibility index (Phi) is 5.12. The Bertz CT molecular complexity index is 435. The zero-order valence-corrected chi connectivity index (χ0v) is 12.7. The van der Waals surface area contributed by atoms with Crippen LogP contribution in [-0.4, -0.2) is 19.0 Å². The topological polar surface area (TPSA) is 46.3 Å². The van der Waals surface area contributed by atoms with Crippen LogP contribution in [0.4, 0.5) is 5.69 Å². The highest BCUT2D eigenvalue weighted by Gasteiger charge is 2.20. The summed E-state index contributed by atoms with van der Waals surface area (Å²) in [7, 11) is 1.81. The fourth-order valence-electron chi connectivity index (χ4n) is 2.20. The Balaban J connectivity index is 2.63. The summed E-state index contributed by atoms with van der Waals surface area (Å²) in [5.41, 5.74) is 8.29. The van der Waals surface area contributed by atoms with Gasteiger partial charge in [0, 0.05) is 25.2 Å². The summed E-state index contributed by atoms with van der Waals surface area (Å²) in [6, 6.07) is 7.85. The first-order valence-electron chi connectivity index (χ1n) is 6.78. The SMILES string of the molecule is Cc1cccc(N(C)C(=O)CC(N)CC(C)(C)C)c1. The number of rotatable bonds is 4. The molecule has 0 heterocycles. The number of amides is 1. The number of hydrogen-bond acceptors (Lipinski definition) is 2. The van der Waals surface area contributed by atoms with Crippen LogP contribution in [0.5, 0.6) is 0 Å². The first-order chi connectivity index (χ1) is 8.69. The number of carbonyl (C=O) groups is 1. The minimum atomic E-state index is -0.0836. The molecule has 3 heteroatoms. The first kappa shape index (κ1) is 15.7. The van der Waals surface area contributed by atoms with Gasteiger partial charge >= 0.3 is 0 Å². The van der Waals surface area contributed by atoms with E-state index in [1.807, 2.05) is 31.2 Å². The van der Waals surface area contributed by atoms with Crippen LogP contribution in [0.2, 0.25) is 0 Å². The van der Waals surface area contributed by atoms with Crippen molar-refractivity contribution in [1.82, 2.24) is 0 Å². The summed E-state index contributed by atoms with van der Waals surface area (Å²) in [5.74, 6) is 0.0716. The molecule has 0 saturated carbocycles. The van der Waals surface area contributed by atoms with Crippen molar-refractivity contribution in [2.45, 2.75) is 46.6 Å². The summed E-state index contributed by atoms with van der Waals surface area (Å²) in [4.78, 5) is 13.9. The third-order valence-electron chi connectivity index (χ3n) is 3.07. The molecule has 19 heavy (non-hydrogen) atoms. The molecule has 1 aromatic rings. The van der Waals surface area contributed by atoms with Gasteiger partial charge in [0.05, 0.1) is 0 Å². The van der Waals surface area contributed by atoms with Crippen LogP contribution in [0.15, 0.2) is 24.3 Å². The second-order valence-corrected chi connectivity index (χ2v) is 6.52. The van der Waals surface area contributed by atoms with Crippen LogP contribution < -0.4 is 10.6 Å². The third kappa shape index (κ3) is 5.43. The van der Waals surface area contributed by atoms with Crippen LogP contribution in [0, 0.1) is 12.3 Å². The molecular formula is C16H26N2O. The van der Waals surface area contributed by atoms with Crippen molar-refractivity contribution in [3.63, 3.8) is 0 Å². The van der Waals surface area contributed by atoms with E-state index in [-0.39, 0.29) is 17.4 Å². The summed E-state index contributed by atoms with van der Waals surface area (Å²) in [6.45, 7) is 8.44. The lowest BCUT2D eigenvalue weighted by molar-refractivity contribution is -0.118. The minimum Gasteiger partial charge on any atom is -0.327 e. The summed E-state index contributed by atoms with van der Waals surface area (Å²) >= 11 is 0. The molecule has 1 amide bonds. The van der Waals surface area contributed by atoms with E-state index in [1.54, 1.807) is 11.9 Å². The average molecular weight is 262 g/mol. The third-order valence-corrected chi connectivity index (χ3v) is 3.07. The lowest BCUT2D eigenvalue weighted by Crippen LogP contribution is -2.35. The molecule has 0 aliphatic rings. The van der Waals surface area contributed by atoms with Crippen LogP contribution in [0.3, 0.4) is 0 Å². The van der Waals surface area contributed by atoms with Crippen molar-refractivity contribution in [2.24, 2.45) is 11.1 Å². The minimum absolute atomic E-state index is 0.0716. The first-order valence-corrected chi connectivity index (χ1v) is 6.78.